The minimum absolute atomic E-state index is 0.259. The van der Waals surface area contributed by atoms with Crippen LogP contribution in [0.15, 0.2) is 0 Å². The molecule has 0 aliphatic heterocycles. The van der Waals surface area contributed by atoms with Gasteiger partial charge in [0.25, 0.3) is 0 Å². The van der Waals surface area contributed by atoms with Crippen LogP contribution in [0.5, 0.6) is 0 Å². The van der Waals surface area contributed by atoms with Crippen molar-refractivity contribution in [2.45, 2.75) is 95.2 Å². The molecule has 0 saturated heterocycles. The summed E-state index contributed by atoms with van der Waals surface area (Å²) < 4.78 is 0. The monoisotopic (exact) mass is 347 g/mol. The molecule has 0 aromatic carbocycles. The van der Waals surface area contributed by atoms with Crippen molar-refractivity contribution in [3.8, 4) is 0 Å². The normalized spacial score (nSPS) is 39.7. The Kier molecular flexibility index (Phi) is 6.80. The fourth-order valence-electron chi connectivity index (χ4n) is 5.50. The van der Waals surface area contributed by atoms with E-state index >= 15 is 0 Å². The molecule has 4 nitrogen and oxygen atoms in total. The predicted octanol–water partition coefficient (Wildman–Crippen LogP) is 3.56. The molecule has 4 heteroatoms. The summed E-state index contributed by atoms with van der Waals surface area (Å²) in [6, 6.07) is 1.77. The van der Waals surface area contributed by atoms with E-state index in [-0.39, 0.29) is 17.8 Å². The number of hydrogen-bond donors (Lipinski definition) is 0. The number of carbonyl (C=O) groups excluding carboxylic acids is 3. The molecule has 0 unspecified atom stereocenters. The Labute approximate surface area is 151 Å². The highest BCUT2D eigenvalue weighted by molar-refractivity contribution is 5.54. The predicted molar refractivity (Wildman–Crippen MR) is 97.3 cm³/mol. The topological polar surface area (TPSA) is 54.5 Å². The summed E-state index contributed by atoms with van der Waals surface area (Å²) in [5, 5.41) is 0. The molecule has 0 atom stereocenters. The van der Waals surface area contributed by atoms with E-state index in [0.717, 1.165) is 95.9 Å². The maximum atomic E-state index is 11.1. The van der Waals surface area contributed by atoms with Gasteiger partial charge in [0.15, 0.2) is 0 Å². The molecule has 0 aromatic heterocycles. The Bertz CT molecular complexity index is 375. The summed E-state index contributed by atoms with van der Waals surface area (Å²) in [6.45, 7) is 0. The Morgan fingerprint density at radius 3 is 0.880 bits per heavy atom. The van der Waals surface area contributed by atoms with Crippen LogP contribution in [-0.2, 0) is 14.4 Å². The minimum atomic E-state index is 0.259. The second-order valence-electron chi connectivity index (χ2n) is 8.56. The molecule has 3 fully saturated rings. The van der Waals surface area contributed by atoms with Crippen LogP contribution in [0, 0.1) is 17.8 Å². The van der Waals surface area contributed by atoms with E-state index in [1.165, 1.54) is 0 Å². The van der Waals surface area contributed by atoms with Gasteiger partial charge in [-0.2, -0.15) is 0 Å². The van der Waals surface area contributed by atoms with Crippen LogP contribution in [0.4, 0.5) is 0 Å². The summed E-state index contributed by atoms with van der Waals surface area (Å²) in [7, 11) is 0. The Hall–Kier alpha value is -1.03. The lowest BCUT2D eigenvalue weighted by Crippen LogP contribution is -2.53. The molecule has 3 saturated carbocycles. The zero-order chi connectivity index (χ0) is 17.6. The smallest absolute Gasteiger partial charge is 0.123 e. The number of hydrogen-bond acceptors (Lipinski definition) is 4. The van der Waals surface area contributed by atoms with Crippen LogP contribution in [0.2, 0.25) is 0 Å². The third kappa shape index (κ3) is 4.58. The second kappa shape index (κ2) is 9.07. The molecule has 0 amide bonds. The average Bonchev–Trinajstić information content (AvgIpc) is 2.70. The van der Waals surface area contributed by atoms with E-state index in [1.54, 1.807) is 0 Å². The fourth-order valence-corrected chi connectivity index (χ4v) is 5.50. The third-order valence-electron chi connectivity index (χ3n) is 7.07. The van der Waals surface area contributed by atoms with Gasteiger partial charge in [-0.3, -0.25) is 4.90 Å². The zero-order valence-electron chi connectivity index (χ0n) is 15.4. The maximum absolute atomic E-state index is 11.1. The van der Waals surface area contributed by atoms with E-state index in [1.807, 2.05) is 0 Å². The van der Waals surface area contributed by atoms with Gasteiger partial charge in [-0.05, 0) is 77.0 Å². The molecule has 3 aliphatic rings. The molecule has 0 bridgehead atoms. The van der Waals surface area contributed by atoms with E-state index in [9.17, 15) is 14.4 Å². The first-order valence-corrected chi connectivity index (χ1v) is 10.4. The third-order valence-corrected chi connectivity index (χ3v) is 7.07. The molecule has 0 radical (unpaired) electrons. The number of aldehydes is 3. The van der Waals surface area contributed by atoms with Crippen molar-refractivity contribution in [1.29, 1.82) is 0 Å². The number of nitrogens with zero attached hydrogens (tertiary/aromatic N) is 1. The Morgan fingerprint density at radius 1 is 0.440 bits per heavy atom. The van der Waals surface area contributed by atoms with Gasteiger partial charge in [0, 0.05) is 35.9 Å². The van der Waals surface area contributed by atoms with Crippen molar-refractivity contribution in [3.63, 3.8) is 0 Å². The molecule has 0 spiro atoms. The van der Waals surface area contributed by atoms with Crippen molar-refractivity contribution in [2.75, 3.05) is 0 Å². The van der Waals surface area contributed by atoms with E-state index in [2.05, 4.69) is 4.90 Å². The first kappa shape index (κ1) is 18.8. The Morgan fingerprint density at radius 2 is 0.680 bits per heavy atom. The van der Waals surface area contributed by atoms with Gasteiger partial charge in [0.1, 0.15) is 18.9 Å². The van der Waals surface area contributed by atoms with Gasteiger partial charge in [-0.15, -0.1) is 0 Å². The van der Waals surface area contributed by atoms with Crippen molar-refractivity contribution < 1.29 is 14.4 Å². The van der Waals surface area contributed by atoms with Crippen LogP contribution in [0.25, 0.3) is 0 Å². The second-order valence-corrected chi connectivity index (χ2v) is 8.56. The van der Waals surface area contributed by atoms with E-state index < -0.39 is 0 Å². The summed E-state index contributed by atoms with van der Waals surface area (Å²) in [5.41, 5.74) is 0. The van der Waals surface area contributed by atoms with Crippen molar-refractivity contribution in [2.24, 2.45) is 17.8 Å². The van der Waals surface area contributed by atoms with Crippen molar-refractivity contribution >= 4 is 18.9 Å². The first-order valence-electron chi connectivity index (χ1n) is 10.4. The summed E-state index contributed by atoms with van der Waals surface area (Å²) in [5.74, 6) is 0.777. The van der Waals surface area contributed by atoms with Gasteiger partial charge in [0.05, 0.1) is 0 Å². The molecule has 0 aromatic rings. The first-order chi connectivity index (χ1) is 12.2. The lowest BCUT2D eigenvalue weighted by molar-refractivity contribution is -0.112. The van der Waals surface area contributed by atoms with Gasteiger partial charge < -0.3 is 14.4 Å². The van der Waals surface area contributed by atoms with Gasteiger partial charge in [-0.25, -0.2) is 0 Å². The average molecular weight is 347 g/mol. The van der Waals surface area contributed by atoms with Gasteiger partial charge in [0.2, 0.25) is 0 Å². The molecular weight excluding hydrogens is 314 g/mol. The van der Waals surface area contributed by atoms with Crippen molar-refractivity contribution in [3.05, 3.63) is 0 Å². The molecule has 3 aliphatic carbocycles. The summed E-state index contributed by atoms with van der Waals surface area (Å²) in [6.07, 6.45) is 16.4. The van der Waals surface area contributed by atoms with Crippen molar-refractivity contribution in [1.82, 2.24) is 4.90 Å². The molecule has 25 heavy (non-hydrogen) atoms. The molecule has 0 N–H and O–H groups in total. The molecule has 0 heterocycles. The van der Waals surface area contributed by atoms with Crippen LogP contribution in [0.3, 0.4) is 0 Å². The summed E-state index contributed by atoms with van der Waals surface area (Å²) in [4.78, 5) is 36.1. The maximum Gasteiger partial charge on any atom is 0.123 e. The molecule has 3 rings (SSSR count). The highest BCUT2D eigenvalue weighted by Crippen LogP contribution is 2.38. The fraction of sp³-hybridized carbons (Fsp3) is 0.857. The minimum Gasteiger partial charge on any atom is -0.303 e. The largest absolute Gasteiger partial charge is 0.303 e. The van der Waals surface area contributed by atoms with Crippen LogP contribution in [0.1, 0.15) is 77.0 Å². The Balaban J connectivity index is 1.67. The summed E-state index contributed by atoms with van der Waals surface area (Å²) >= 11 is 0. The standard InChI is InChI=1S/C21H33NO3/c23-13-16-1-7-19(8-2-16)22(20-9-3-17(14-24)4-10-20)21-11-5-18(15-25)6-12-21/h13-21H,1-12H2. The zero-order valence-corrected chi connectivity index (χ0v) is 15.4. The number of rotatable bonds is 6. The lowest BCUT2D eigenvalue weighted by atomic mass is 9.78. The molecule has 140 valence electrons. The highest BCUT2D eigenvalue weighted by Gasteiger charge is 2.38. The SMILES string of the molecule is O=CC1CCC(N(C2CCC(C=O)CC2)C2CCC(C=O)CC2)CC1. The van der Waals surface area contributed by atoms with E-state index in [0.29, 0.717) is 18.1 Å². The molecular formula is C21H33NO3. The number of carbonyl (C=O) groups is 3. The quantitative estimate of drug-likeness (QED) is 0.689. The lowest BCUT2D eigenvalue weighted by Gasteiger charge is -2.48. The van der Waals surface area contributed by atoms with Crippen LogP contribution >= 0.6 is 0 Å². The van der Waals surface area contributed by atoms with E-state index in [4.69, 9.17) is 0 Å². The van der Waals surface area contributed by atoms with Crippen LogP contribution in [-0.4, -0.2) is 41.9 Å². The highest BCUT2D eigenvalue weighted by atomic mass is 16.1. The van der Waals surface area contributed by atoms with Crippen LogP contribution < -0.4 is 0 Å². The van der Waals surface area contributed by atoms with Gasteiger partial charge in [-0.1, -0.05) is 0 Å². The van der Waals surface area contributed by atoms with Gasteiger partial charge >= 0.3 is 0 Å².